The van der Waals surface area contributed by atoms with E-state index < -0.39 is 0 Å². The maximum atomic E-state index is 13.0. The molecule has 3 aliphatic carbocycles. The number of ketones is 1. The Morgan fingerprint density at radius 1 is 1.03 bits per heavy atom. The van der Waals surface area contributed by atoms with Crippen molar-refractivity contribution in [3.63, 3.8) is 0 Å². The Hall–Kier alpha value is -1.69. The standard InChI is InChI=1S/C24H32O5/c1-26-13-14-29-16-28-12-11-24-10-9-20-19-6-4-18(27-2)15-17(19)3-5-21(20)22(24)7-8-23(24)25/h4,6,15,22H,3,5,7-14,16H2,1-2H3/t22?,24-/m1/s1. The number of rotatable bonds is 9. The van der Waals surface area contributed by atoms with E-state index in [0.717, 1.165) is 44.3 Å². The number of Topliss-reactive ketones (excluding diaryl/α,β-unsaturated/α-hetero) is 1. The molecule has 0 heterocycles. The zero-order valence-electron chi connectivity index (χ0n) is 17.6. The van der Waals surface area contributed by atoms with Crippen LogP contribution in [0.4, 0.5) is 0 Å². The van der Waals surface area contributed by atoms with Crippen molar-refractivity contribution in [2.24, 2.45) is 11.3 Å². The van der Waals surface area contributed by atoms with Gasteiger partial charge in [-0.2, -0.15) is 0 Å². The highest BCUT2D eigenvalue weighted by Gasteiger charge is 2.53. The number of allylic oxidation sites excluding steroid dienone is 2. The summed E-state index contributed by atoms with van der Waals surface area (Å²) >= 11 is 0. The van der Waals surface area contributed by atoms with Crippen molar-refractivity contribution < 1.29 is 23.7 Å². The number of methoxy groups -OCH3 is 2. The summed E-state index contributed by atoms with van der Waals surface area (Å²) in [5.41, 5.74) is 5.57. The van der Waals surface area contributed by atoms with Crippen molar-refractivity contribution in [3.05, 3.63) is 34.9 Å². The lowest BCUT2D eigenvalue weighted by Crippen LogP contribution is -2.38. The number of hydrogen-bond acceptors (Lipinski definition) is 5. The van der Waals surface area contributed by atoms with E-state index in [-0.39, 0.29) is 12.2 Å². The summed E-state index contributed by atoms with van der Waals surface area (Å²) in [6.07, 6.45) is 6.53. The highest BCUT2D eigenvalue weighted by Crippen LogP contribution is 2.58. The fourth-order valence-electron chi connectivity index (χ4n) is 5.65. The van der Waals surface area contributed by atoms with Crippen LogP contribution < -0.4 is 4.74 Å². The summed E-state index contributed by atoms with van der Waals surface area (Å²) in [6.45, 7) is 1.94. The summed E-state index contributed by atoms with van der Waals surface area (Å²) in [6, 6.07) is 6.46. The second-order valence-electron chi connectivity index (χ2n) is 8.37. The molecular weight excluding hydrogens is 368 g/mol. The molecular formula is C24H32O5. The number of aryl methyl sites for hydroxylation is 1. The van der Waals surface area contributed by atoms with E-state index in [4.69, 9.17) is 18.9 Å². The van der Waals surface area contributed by atoms with Gasteiger partial charge in [0.2, 0.25) is 0 Å². The minimum absolute atomic E-state index is 0.227. The number of carbonyl (C=O) groups excluding carboxylic acids is 1. The fourth-order valence-corrected chi connectivity index (χ4v) is 5.65. The van der Waals surface area contributed by atoms with Crippen LogP contribution in [0.1, 0.15) is 49.7 Å². The van der Waals surface area contributed by atoms with Crippen LogP contribution in [0.2, 0.25) is 0 Å². The molecule has 5 heteroatoms. The summed E-state index contributed by atoms with van der Waals surface area (Å²) in [5.74, 6) is 1.75. The van der Waals surface area contributed by atoms with Crippen molar-refractivity contribution >= 4 is 11.4 Å². The molecule has 3 aliphatic rings. The van der Waals surface area contributed by atoms with Crippen molar-refractivity contribution in [2.45, 2.75) is 44.9 Å². The van der Waals surface area contributed by atoms with Gasteiger partial charge in [0.25, 0.3) is 0 Å². The topological polar surface area (TPSA) is 54.0 Å². The largest absolute Gasteiger partial charge is 0.497 e. The second-order valence-corrected chi connectivity index (χ2v) is 8.37. The third-order valence-corrected chi connectivity index (χ3v) is 7.10. The molecule has 0 aromatic heterocycles. The normalized spacial score (nSPS) is 25.6. The van der Waals surface area contributed by atoms with Gasteiger partial charge in [0.1, 0.15) is 18.3 Å². The summed E-state index contributed by atoms with van der Waals surface area (Å²) in [7, 11) is 3.38. The van der Waals surface area contributed by atoms with Crippen molar-refractivity contribution in [1.29, 1.82) is 0 Å². The molecule has 4 rings (SSSR count). The van der Waals surface area contributed by atoms with E-state index in [0.29, 0.717) is 37.9 Å². The Balaban J connectivity index is 1.48. The predicted octanol–water partition coefficient (Wildman–Crippen LogP) is 4.18. The molecule has 0 radical (unpaired) electrons. The van der Waals surface area contributed by atoms with Gasteiger partial charge < -0.3 is 18.9 Å². The van der Waals surface area contributed by atoms with Crippen LogP contribution in [-0.4, -0.2) is 46.6 Å². The molecule has 1 fully saturated rings. The molecule has 0 amide bonds. The van der Waals surface area contributed by atoms with Gasteiger partial charge in [-0.15, -0.1) is 0 Å². The van der Waals surface area contributed by atoms with Crippen molar-refractivity contribution in [3.8, 4) is 5.75 Å². The van der Waals surface area contributed by atoms with E-state index in [9.17, 15) is 4.79 Å². The number of benzene rings is 1. The molecule has 0 saturated heterocycles. The predicted molar refractivity (Wildman–Crippen MR) is 111 cm³/mol. The van der Waals surface area contributed by atoms with E-state index in [1.807, 2.05) is 0 Å². The highest BCUT2D eigenvalue weighted by molar-refractivity contribution is 5.90. The Bertz CT molecular complexity index is 783. The lowest BCUT2D eigenvalue weighted by Gasteiger charge is -2.43. The minimum Gasteiger partial charge on any atom is -0.497 e. The van der Waals surface area contributed by atoms with E-state index in [1.165, 1.54) is 22.3 Å². The van der Waals surface area contributed by atoms with Gasteiger partial charge in [-0.3, -0.25) is 4.79 Å². The van der Waals surface area contributed by atoms with E-state index >= 15 is 0 Å². The first-order chi connectivity index (χ1) is 14.2. The van der Waals surface area contributed by atoms with Gasteiger partial charge in [0.15, 0.2) is 0 Å². The lowest BCUT2D eigenvalue weighted by atomic mass is 9.60. The van der Waals surface area contributed by atoms with Crippen LogP contribution in [0.3, 0.4) is 0 Å². The SMILES string of the molecule is COCCOCOCC[C@]12CCC3=C(CCc4cc(OC)ccc43)C1CCC2=O. The van der Waals surface area contributed by atoms with Gasteiger partial charge in [0.05, 0.1) is 26.9 Å². The molecule has 1 unspecified atom stereocenters. The van der Waals surface area contributed by atoms with E-state index in [2.05, 4.69) is 18.2 Å². The average Bonchev–Trinajstić information content (AvgIpc) is 3.09. The highest BCUT2D eigenvalue weighted by atomic mass is 16.7. The van der Waals surface area contributed by atoms with Gasteiger partial charge >= 0.3 is 0 Å². The molecule has 1 aromatic carbocycles. The lowest BCUT2D eigenvalue weighted by molar-refractivity contribution is -0.130. The monoisotopic (exact) mass is 400 g/mol. The first kappa shape index (κ1) is 20.6. The molecule has 0 aliphatic heterocycles. The molecule has 0 bridgehead atoms. The second kappa shape index (κ2) is 8.99. The maximum absolute atomic E-state index is 13.0. The van der Waals surface area contributed by atoms with Crippen LogP contribution in [0.5, 0.6) is 5.75 Å². The van der Waals surface area contributed by atoms with Crippen LogP contribution in [0.15, 0.2) is 23.8 Å². The molecule has 29 heavy (non-hydrogen) atoms. The molecule has 5 nitrogen and oxygen atoms in total. The van der Waals surface area contributed by atoms with Gasteiger partial charge in [-0.1, -0.05) is 11.6 Å². The van der Waals surface area contributed by atoms with Crippen molar-refractivity contribution in [2.75, 3.05) is 40.8 Å². The van der Waals surface area contributed by atoms with Crippen LogP contribution in [-0.2, 0) is 25.4 Å². The smallest absolute Gasteiger partial charge is 0.146 e. The zero-order valence-corrected chi connectivity index (χ0v) is 17.6. The minimum atomic E-state index is -0.227. The summed E-state index contributed by atoms with van der Waals surface area (Å²) in [5, 5.41) is 0. The van der Waals surface area contributed by atoms with Gasteiger partial charge in [0, 0.05) is 18.9 Å². The maximum Gasteiger partial charge on any atom is 0.146 e. The molecule has 1 saturated carbocycles. The molecule has 158 valence electrons. The Morgan fingerprint density at radius 3 is 2.72 bits per heavy atom. The van der Waals surface area contributed by atoms with E-state index in [1.54, 1.807) is 14.2 Å². The zero-order chi connectivity index (χ0) is 20.3. The first-order valence-electron chi connectivity index (χ1n) is 10.8. The first-order valence-corrected chi connectivity index (χ1v) is 10.8. The van der Waals surface area contributed by atoms with Crippen LogP contribution in [0, 0.1) is 11.3 Å². The molecule has 0 N–H and O–H groups in total. The van der Waals surface area contributed by atoms with Gasteiger partial charge in [-0.05, 0) is 73.3 Å². The van der Waals surface area contributed by atoms with Crippen LogP contribution >= 0.6 is 0 Å². The molecule has 0 spiro atoms. The average molecular weight is 401 g/mol. The molecule has 1 aromatic rings. The van der Waals surface area contributed by atoms with Crippen LogP contribution in [0.25, 0.3) is 5.57 Å². The number of ether oxygens (including phenoxy) is 4. The Morgan fingerprint density at radius 2 is 1.90 bits per heavy atom. The fraction of sp³-hybridized carbons (Fsp3) is 0.625. The quantitative estimate of drug-likeness (QED) is 0.460. The Labute approximate surface area is 173 Å². The summed E-state index contributed by atoms with van der Waals surface area (Å²) in [4.78, 5) is 13.0. The third kappa shape index (κ3) is 3.88. The third-order valence-electron chi connectivity index (χ3n) is 7.10. The number of carbonyl (C=O) groups is 1. The summed E-state index contributed by atoms with van der Waals surface area (Å²) < 4.78 is 21.5. The molecule has 2 atom stereocenters. The Kier molecular flexibility index (Phi) is 6.38. The number of hydrogen-bond donors (Lipinski definition) is 0. The number of fused-ring (bicyclic) bond motifs is 4. The van der Waals surface area contributed by atoms with Gasteiger partial charge in [-0.25, -0.2) is 0 Å². The van der Waals surface area contributed by atoms with Crippen molar-refractivity contribution in [1.82, 2.24) is 0 Å².